The molecule has 7 nitrogen and oxygen atoms in total. The van der Waals surface area contributed by atoms with Crippen LogP contribution in [-0.4, -0.2) is 41.1 Å². The first-order valence-corrected chi connectivity index (χ1v) is 16.6. The third kappa shape index (κ3) is 9.44. The first kappa shape index (κ1) is 33.2. The lowest BCUT2D eigenvalue weighted by Crippen LogP contribution is -2.21. The summed E-state index contributed by atoms with van der Waals surface area (Å²) in [4.78, 5) is 17.7. The van der Waals surface area contributed by atoms with Crippen molar-refractivity contribution in [2.75, 3.05) is 46.6 Å². The van der Waals surface area contributed by atoms with Gasteiger partial charge in [-0.05, 0) is 110 Å². The molecule has 0 fully saturated rings. The maximum atomic E-state index is 6.25. The highest BCUT2D eigenvalue weighted by Crippen LogP contribution is 2.22. The molecular weight excluding hydrogens is 602 g/mol. The Morgan fingerprint density at radius 2 is 0.766 bits per heavy atom. The predicted octanol–water partition coefficient (Wildman–Crippen LogP) is 10.0. The van der Waals surface area contributed by atoms with E-state index in [-0.39, 0.29) is 5.28 Å². The van der Waals surface area contributed by atoms with Crippen LogP contribution in [0.5, 0.6) is 0 Å². The number of hydrogen-bond acceptors (Lipinski definition) is 7. The van der Waals surface area contributed by atoms with E-state index in [1.165, 1.54) is 11.4 Å². The Labute approximate surface area is 283 Å². The molecule has 1 heterocycles. The van der Waals surface area contributed by atoms with Crippen LogP contribution in [0.2, 0.25) is 5.28 Å². The van der Waals surface area contributed by atoms with Gasteiger partial charge in [-0.25, -0.2) is 0 Å². The zero-order valence-corrected chi connectivity index (χ0v) is 28.2. The minimum atomic E-state index is 0.100. The molecule has 240 valence electrons. The molecule has 8 heteroatoms. The van der Waals surface area contributed by atoms with Gasteiger partial charge in [-0.3, -0.25) is 0 Å². The molecule has 0 radical (unpaired) electrons. The van der Waals surface area contributed by atoms with Crippen LogP contribution in [0.1, 0.15) is 49.9 Å². The molecule has 0 spiro atoms. The summed E-state index contributed by atoms with van der Waals surface area (Å²) in [5, 5.41) is 6.56. The monoisotopic (exact) mass is 643 g/mol. The van der Waals surface area contributed by atoms with Crippen LogP contribution < -0.4 is 20.4 Å². The molecule has 0 atom stereocenters. The molecule has 47 heavy (non-hydrogen) atoms. The Bertz CT molecular complexity index is 1630. The third-order valence-electron chi connectivity index (χ3n) is 7.92. The lowest BCUT2D eigenvalue weighted by atomic mass is 10.1. The van der Waals surface area contributed by atoms with Crippen LogP contribution in [0, 0.1) is 0 Å². The van der Waals surface area contributed by atoms with Gasteiger partial charge in [0.15, 0.2) is 0 Å². The molecule has 0 aliphatic heterocycles. The Balaban J connectivity index is 1.17. The van der Waals surface area contributed by atoms with E-state index in [2.05, 4.69) is 136 Å². The predicted molar refractivity (Wildman–Crippen MR) is 202 cm³/mol. The van der Waals surface area contributed by atoms with Crippen molar-refractivity contribution in [1.82, 2.24) is 15.0 Å². The lowest BCUT2D eigenvalue weighted by molar-refractivity contribution is 0.866. The summed E-state index contributed by atoms with van der Waals surface area (Å²) in [6.45, 7) is 12.7. The van der Waals surface area contributed by atoms with Crippen molar-refractivity contribution >= 4 is 70.6 Å². The summed E-state index contributed by atoms with van der Waals surface area (Å²) in [7, 11) is 0. The van der Waals surface area contributed by atoms with Crippen molar-refractivity contribution in [3.05, 3.63) is 125 Å². The number of benzene rings is 4. The maximum absolute atomic E-state index is 6.25. The Morgan fingerprint density at radius 1 is 0.468 bits per heavy atom. The highest BCUT2D eigenvalue weighted by molar-refractivity contribution is 6.28. The van der Waals surface area contributed by atoms with Gasteiger partial charge in [-0.2, -0.15) is 15.0 Å². The van der Waals surface area contributed by atoms with Gasteiger partial charge in [-0.15, -0.1) is 0 Å². The minimum absolute atomic E-state index is 0.100. The summed E-state index contributed by atoms with van der Waals surface area (Å²) in [5.41, 5.74) is 8.67. The van der Waals surface area contributed by atoms with Crippen LogP contribution in [0.4, 0.5) is 34.6 Å². The quantitative estimate of drug-likeness (QED) is 0.117. The average Bonchev–Trinajstić information content (AvgIpc) is 3.09. The minimum Gasteiger partial charge on any atom is -0.372 e. The van der Waals surface area contributed by atoms with E-state index in [4.69, 9.17) is 11.6 Å². The molecule has 5 aromatic rings. The fourth-order valence-electron chi connectivity index (χ4n) is 5.23. The Morgan fingerprint density at radius 3 is 1.06 bits per heavy atom. The standard InChI is InChI=1S/C39H42ClN7/c1-5-46(6-2)35-25-17-31(18-26-35)11-9-29-13-21-33(22-14-29)41-38-43-37(40)44-39(45-38)42-34-23-15-30(16-24-34)10-12-32-19-27-36(28-20-32)47(7-3)8-4/h9-28H,5-8H2,1-4H3,(H2,41,42,43,44,45)/b11-9+,12-10+. The molecule has 0 bridgehead atoms. The number of anilines is 6. The molecule has 2 N–H and O–H groups in total. The maximum Gasteiger partial charge on any atom is 0.233 e. The van der Waals surface area contributed by atoms with Crippen LogP contribution in [0.25, 0.3) is 24.3 Å². The van der Waals surface area contributed by atoms with Crippen LogP contribution in [-0.2, 0) is 0 Å². The molecular formula is C39H42ClN7. The number of aromatic nitrogens is 3. The van der Waals surface area contributed by atoms with E-state index in [0.717, 1.165) is 59.8 Å². The van der Waals surface area contributed by atoms with E-state index >= 15 is 0 Å². The Kier molecular flexibility index (Phi) is 11.6. The second kappa shape index (κ2) is 16.4. The van der Waals surface area contributed by atoms with Gasteiger partial charge in [0, 0.05) is 48.9 Å². The average molecular weight is 644 g/mol. The van der Waals surface area contributed by atoms with Gasteiger partial charge in [0.05, 0.1) is 0 Å². The third-order valence-corrected chi connectivity index (χ3v) is 8.09. The van der Waals surface area contributed by atoms with Crippen molar-refractivity contribution in [3.63, 3.8) is 0 Å². The molecule has 4 aromatic carbocycles. The molecule has 0 saturated heterocycles. The van der Waals surface area contributed by atoms with Crippen molar-refractivity contribution in [1.29, 1.82) is 0 Å². The van der Waals surface area contributed by atoms with Crippen molar-refractivity contribution in [2.45, 2.75) is 27.7 Å². The number of halogens is 1. The van der Waals surface area contributed by atoms with Crippen LogP contribution in [0.3, 0.4) is 0 Å². The van der Waals surface area contributed by atoms with Gasteiger partial charge in [-0.1, -0.05) is 72.8 Å². The van der Waals surface area contributed by atoms with E-state index in [1.807, 2.05) is 48.5 Å². The SMILES string of the molecule is CCN(CC)c1ccc(/C=C/c2ccc(Nc3nc(Cl)nc(Nc4ccc(/C=C/c5ccc(N(CC)CC)cc5)cc4)n3)cc2)cc1. The molecule has 0 aliphatic carbocycles. The summed E-state index contributed by atoms with van der Waals surface area (Å²) in [6.07, 6.45) is 8.44. The molecule has 0 amide bonds. The lowest BCUT2D eigenvalue weighted by Gasteiger charge is -2.20. The van der Waals surface area contributed by atoms with Gasteiger partial charge in [0.25, 0.3) is 0 Å². The van der Waals surface area contributed by atoms with E-state index in [1.54, 1.807) is 0 Å². The van der Waals surface area contributed by atoms with Crippen molar-refractivity contribution < 1.29 is 0 Å². The number of nitrogens with zero attached hydrogens (tertiary/aromatic N) is 5. The zero-order chi connectivity index (χ0) is 33.0. The van der Waals surface area contributed by atoms with Gasteiger partial charge in [0.2, 0.25) is 17.2 Å². The number of nitrogens with one attached hydrogen (secondary N) is 2. The summed E-state index contributed by atoms with van der Waals surface area (Å²) >= 11 is 6.25. The molecule has 0 aliphatic rings. The largest absolute Gasteiger partial charge is 0.372 e. The van der Waals surface area contributed by atoms with Gasteiger partial charge >= 0.3 is 0 Å². The van der Waals surface area contributed by atoms with E-state index in [9.17, 15) is 0 Å². The topological polar surface area (TPSA) is 69.2 Å². The zero-order valence-electron chi connectivity index (χ0n) is 27.5. The van der Waals surface area contributed by atoms with Crippen LogP contribution in [0.15, 0.2) is 97.1 Å². The second-order valence-electron chi connectivity index (χ2n) is 10.9. The normalized spacial score (nSPS) is 11.3. The first-order valence-electron chi connectivity index (χ1n) is 16.2. The smallest absolute Gasteiger partial charge is 0.233 e. The Hall–Kier alpha value is -5.14. The molecule has 5 rings (SSSR count). The molecule has 0 unspecified atom stereocenters. The summed E-state index contributed by atoms with van der Waals surface area (Å²) in [6, 6.07) is 33.4. The molecule has 1 aromatic heterocycles. The van der Waals surface area contributed by atoms with Crippen molar-refractivity contribution in [3.8, 4) is 0 Å². The van der Waals surface area contributed by atoms with E-state index < -0.39 is 0 Å². The van der Waals surface area contributed by atoms with Crippen LogP contribution >= 0.6 is 11.6 Å². The fourth-order valence-corrected chi connectivity index (χ4v) is 5.39. The summed E-state index contributed by atoms with van der Waals surface area (Å²) < 4.78 is 0. The van der Waals surface area contributed by atoms with Gasteiger partial charge < -0.3 is 20.4 Å². The fraction of sp³-hybridized carbons (Fsp3) is 0.205. The highest BCUT2D eigenvalue weighted by Gasteiger charge is 2.07. The molecule has 0 saturated carbocycles. The van der Waals surface area contributed by atoms with Gasteiger partial charge in [0.1, 0.15) is 0 Å². The number of rotatable bonds is 14. The second-order valence-corrected chi connectivity index (χ2v) is 11.3. The first-order chi connectivity index (χ1) is 23.0. The van der Waals surface area contributed by atoms with Crippen molar-refractivity contribution in [2.24, 2.45) is 0 Å². The van der Waals surface area contributed by atoms with E-state index in [0.29, 0.717) is 11.9 Å². The number of hydrogen-bond donors (Lipinski definition) is 2. The summed E-state index contributed by atoms with van der Waals surface area (Å²) in [5.74, 6) is 0.714. The highest BCUT2D eigenvalue weighted by atomic mass is 35.5.